The van der Waals surface area contributed by atoms with Crippen LogP contribution in [-0.2, 0) is 9.59 Å². The Balaban J connectivity index is 1.35. The summed E-state index contributed by atoms with van der Waals surface area (Å²) in [5.74, 6) is -0.665. The highest BCUT2D eigenvalue weighted by atomic mass is 16.2. The molecule has 0 unspecified atom stereocenters. The molecule has 2 aliphatic carbocycles. The molecule has 0 radical (unpaired) electrons. The molecule has 1 N–H and O–H groups in total. The lowest BCUT2D eigenvalue weighted by Gasteiger charge is -2.31. The van der Waals surface area contributed by atoms with Crippen molar-refractivity contribution in [3.63, 3.8) is 0 Å². The second-order valence-corrected chi connectivity index (χ2v) is 10.1. The summed E-state index contributed by atoms with van der Waals surface area (Å²) >= 11 is 0. The molecule has 0 aromatic heterocycles. The van der Waals surface area contributed by atoms with Crippen molar-refractivity contribution in [3.05, 3.63) is 65.7 Å². The Morgan fingerprint density at radius 3 is 2.18 bits per heavy atom. The van der Waals surface area contributed by atoms with Crippen LogP contribution in [0.2, 0.25) is 0 Å². The number of fused-ring (bicyclic) bond motifs is 5. The first-order valence-corrected chi connectivity index (χ1v) is 12.3. The van der Waals surface area contributed by atoms with E-state index in [0.717, 1.165) is 49.3 Å². The second kappa shape index (κ2) is 8.12. The summed E-state index contributed by atoms with van der Waals surface area (Å²) in [6.07, 6.45) is 8.46. The van der Waals surface area contributed by atoms with Crippen LogP contribution < -0.4 is 15.1 Å². The van der Waals surface area contributed by atoms with Gasteiger partial charge in [0.25, 0.3) is 5.91 Å². The number of carbonyl (C=O) groups excluding carboxylic acids is 3. The number of rotatable bonds is 4. The van der Waals surface area contributed by atoms with E-state index in [1.54, 1.807) is 6.07 Å². The normalized spacial score (nSPS) is 27.4. The van der Waals surface area contributed by atoms with Crippen LogP contribution in [0.15, 0.2) is 54.6 Å². The van der Waals surface area contributed by atoms with E-state index in [4.69, 9.17) is 0 Å². The van der Waals surface area contributed by atoms with Gasteiger partial charge < -0.3 is 10.2 Å². The fourth-order valence-electron chi connectivity index (χ4n) is 6.25. The Morgan fingerprint density at radius 2 is 1.53 bits per heavy atom. The Bertz CT molecular complexity index is 1170. The minimum absolute atomic E-state index is 0.123. The van der Waals surface area contributed by atoms with E-state index in [0.29, 0.717) is 11.3 Å². The molecule has 174 valence electrons. The molecule has 34 heavy (non-hydrogen) atoms. The molecule has 3 amide bonds. The van der Waals surface area contributed by atoms with Crippen LogP contribution in [0, 0.1) is 30.6 Å². The molecule has 2 bridgehead atoms. The number of nitrogens with zero attached hydrogens (tertiary/aromatic N) is 2. The summed E-state index contributed by atoms with van der Waals surface area (Å²) < 4.78 is 0. The van der Waals surface area contributed by atoms with E-state index in [-0.39, 0.29) is 41.4 Å². The average Bonchev–Trinajstić information content (AvgIpc) is 3.54. The highest BCUT2D eigenvalue weighted by molar-refractivity contribution is 6.23. The van der Waals surface area contributed by atoms with Crippen molar-refractivity contribution in [2.45, 2.75) is 32.6 Å². The number of carbonyl (C=O) groups is 3. The highest BCUT2D eigenvalue weighted by Gasteiger charge is 2.59. The van der Waals surface area contributed by atoms with Gasteiger partial charge in [-0.2, -0.15) is 0 Å². The Labute approximate surface area is 199 Å². The predicted molar refractivity (Wildman–Crippen MR) is 132 cm³/mol. The molecule has 4 atom stereocenters. The number of nitrogens with one attached hydrogen (secondary N) is 1. The lowest BCUT2D eigenvalue weighted by Crippen LogP contribution is -2.34. The van der Waals surface area contributed by atoms with Crippen LogP contribution in [0.3, 0.4) is 0 Å². The molecular weight excluding hydrogens is 426 g/mol. The van der Waals surface area contributed by atoms with Crippen LogP contribution in [0.5, 0.6) is 0 Å². The highest BCUT2D eigenvalue weighted by Crippen LogP contribution is 2.53. The molecule has 2 aromatic rings. The van der Waals surface area contributed by atoms with Crippen molar-refractivity contribution < 1.29 is 14.4 Å². The summed E-state index contributed by atoms with van der Waals surface area (Å²) in [6.45, 7) is 3.79. The number of anilines is 3. The Kier molecular flexibility index (Phi) is 5.05. The topological polar surface area (TPSA) is 69.7 Å². The molecule has 0 spiro atoms. The summed E-state index contributed by atoms with van der Waals surface area (Å²) in [6, 6.07) is 13.2. The second-order valence-electron chi connectivity index (χ2n) is 10.1. The first-order chi connectivity index (χ1) is 16.5. The number of hydrogen-bond acceptors (Lipinski definition) is 4. The van der Waals surface area contributed by atoms with Gasteiger partial charge in [-0.25, -0.2) is 4.90 Å². The van der Waals surface area contributed by atoms with Crippen molar-refractivity contribution in [1.82, 2.24) is 0 Å². The Hall–Kier alpha value is -3.41. The van der Waals surface area contributed by atoms with Crippen LogP contribution in [0.1, 0.15) is 41.6 Å². The monoisotopic (exact) mass is 455 g/mol. The maximum Gasteiger partial charge on any atom is 0.257 e. The molecule has 6 heteroatoms. The Morgan fingerprint density at radius 1 is 0.882 bits per heavy atom. The van der Waals surface area contributed by atoms with Crippen molar-refractivity contribution in [2.24, 2.45) is 23.7 Å². The lowest BCUT2D eigenvalue weighted by molar-refractivity contribution is -0.123. The van der Waals surface area contributed by atoms with Crippen molar-refractivity contribution in [3.8, 4) is 0 Å². The lowest BCUT2D eigenvalue weighted by atomic mass is 9.85. The maximum atomic E-state index is 13.5. The van der Waals surface area contributed by atoms with E-state index >= 15 is 0 Å². The van der Waals surface area contributed by atoms with E-state index in [2.05, 4.69) is 22.4 Å². The zero-order chi connectivity index (χ0) is 23.4. The molecule has 2 saturated heterocycles. The first-order valence-electron chi connectivity index (χ1n) is 12.3. The standard InChI is InChI=1S/C28H29N3O3/c1-17-5-9-20(10-6-17)29-26(32)22-16-21(11-12-23(22)30-13-3-2-4-14-30)31-27(33)24-18-7-8-19(15-18)25(24)28(31)34/h5-12,16,18-19,24-25H,2-4,13-15H2,1H3,(H,29,32)/t18-,19-,24-,25+/m0/s1. The van der Waals surface area contributed by atoms with Crippen LogP contribution in [0.4, 0.5) is 17.1 Å². The molecule has 1 saturated carbocycles. The van der Waals surface area contributed by atoms with Gasteiger partial charge in [-0.15, -0.1) is 0 Å². The van der Waals surface area contributed by atoms with Gasteiger partial charge >= 0.3 is 0 Å². The summed E-state index contributed by atoms with van der Waals surface area (Å²) in [4.78, 5) is 43.7. The number of allylic oxidation sites excluding steroid dienone is 2. The molecule has 2 aliphatic heterocycles. The van der Waals surface area contributed by atoms with Gasteiger partial charge in [-0.1, -0.05) is 29.8 Å². The van der Waals surface area contributed by atoms with E-state index in [9.17, 15) is 14.4 Å². The van der Waals surface area contributed by atoms with Gasteiger partial charge in [0.1, 0.15) is 0 Å². The van der Waals surface area contributed by atoms with E-state index < -0.39 is 0 Å². The average molecular weight is 456 g/mol. The zero-order valence-electron chi connectivity index (χ0n) is 19.4. The molecule has 2 heterocycles. The number of benzene rings is 2. The number of piperidine rings is 1. The summed E-state index contributed by atoms with van der Waals surface area (Å²) in [7, 11) is 0. The van der Waals surface area contributed by atoms with Crippen LogP contribution in [-0.4, -0.2) is 30.8 Å². The number of imide groups is 1. The fourth-order valence-corrected chi connectivity index (χ4v) is 6.25. The molecule has 6 nitrogen and oxygen atoms in total. The van der Waals surface area contributed by atoms with E-state index in [1.807, 2.05) is 43.3 Å². The first kappa shape index (κ1) is 21.1. The largest absolute Gasteiger partial charge is 0.371 e. The molecule has 4 aliphatic rings. The predicted octanol–water partition coefficient (Wildman–Crippen LogP) is 4.55. The molecule has 2 aromatic carbocycles. The van der Waals surface area contributed by atoms with Gasteiger partial charge in [0, 0.05) is 24.5 Å². The smallest absolute Gasteiger partial charge is 0.257 e. The summed E-state index contributed by atoms with van der Waals surface area (Å²) in [5, 5.41) is 3.01. The molecular formula is C28H29N3O3. The quantitative estimate of drug-likeness (QED) is 0.543. The molecule has 6 rings (SSSR count). The number of hydrogen-bond donors (Lipinski definition) is 1. The van der Waals surface area contributed by atoms with Gasteiger partial charge in [-0.05, 0) is 74.8 Å². The molecule has 3 fully saturated rings. The SMILES string of the molecule is Cc1ccc(NC(=O)c2cc(N3C(=O)[C@@H]4[C@H](C3=O)[C@H]3C=C[C@H]4C3)ccc2N2CCCCC2)cc1. The third kappa shape index (κ3) is 3.35. The maximum absolute atomic E-state index is 13.5. The van der Waals surface area contributed by atoms with Crippen LogP contribution >= 0.6 is 0 Å². The minimum atomic E-state index is -0.255. The van der Waals surface area contributed by atoms with E-state index in [1.165, 1.54) is 11.3 Å². The van der Waals surface area contributed by atoms with Crippen molar-refractivity contribution >= 4 is 34.8 Å². The zero-order valence-corrected chi connectivity index (χ0v) is 19.4. The van der Waals surface area contributed by atoms with Crippen LogP contribution in [0.25, 0.3) is 0 Å². The van der Waals surface area contributed by atoms with Gasteiger partial charge in [-0.3, -0.25) is 14.4 Å². The van der Waals surface area contributed by atoms with Gasteiger partial charge in [0.15, 0.2) is 0 Å². The summed E-state index contributed by atoms with van der Waals surface area (Å²) in [5.41, 5.74) is 3.69. The third-order valence-electron chi connectivity index (χ3n) is 7.96. The fraction of sp³-hybridized carbons (Fsp3) is 0.393. The number of amides is 3. The van der Waals surface area contributed by atoms with Crippen molar-refractivity contribution in [1.29, 1.82) is 0 Å². The van der Waals surface area contributed by atoms with Gasteiger partial charge in [0.05, 0.1) is 23.1 Å². The van der Waals surface area contributed by atoms with Gasteiger partial charge in [0.2, 0.25) is 11.8 Å². The third-order valence-corrected chi connectivity index (χ3v) is 7.96. The minimum Gasteiger partial charge on any atom is -0.371 e. The van der Waals surface area contributed by atoms with Crippen molar-refractivity contribution in [2.75, 3.05) is 28.2 Å². The number of aryl methyl sites for hydroxylation is 1.